The molecule has 0 fully saturated rings. The Morgan fingerprint density at radius 1 is 0.905 bits per heavy atom. The molecule has 0 amide bonds. The molecule has 0 saturated heterocycles. The Labute approximate surface area is 130 Å². The van der Waals surface area contributed by atoms with Gasteiger partial charge >= 0.3 is 0 Å². The second-order valence-corrected chi connectivity index (χ2v) is 6.82. The molecular weight excluding hydrogens is 252 g/mol. The summed E-state index contributed by atoms with van der Waals surface area (Å²) in [4.78, 5) is 0. The number of hydrogen-bond donors (Lipinski definition) is 0. The summed E-state index contributed by atoms with van der Waals surface area (Å²) < 4.78 is 0. The van der Waals surface area contributed by atoms with Crippen LogP contribution in [0.15, 0.2) is 42.5 Å². The highest BCUT2D eigenvalue weighted by molar-refractivity contribution is 5.71. The summed E-state index contributed by atoms with van der Waals surface area (Å²) in [6, 6.07) is 18.7. The van der Waals surface area contributed by atoms with E-state index >= 15 is 0 Å². The van der Waals surface area contributed by atoms with Gasteiger partial charge in [-0.1, -0.05) is 83.0 Å². The molecule has 0 saturated carbocycles. The molecule has 0 atom stereocenters. The van der Waals surface area contributed by atoms with Crippen molar-refractivity contribution in [1.29, 1.82) is 0 Å². The fourth-order valence-corrected chi connectivity index (χ4v) is 2.85. The smallest absolute Gasteiger partial charge is 0.0126 e. The highest BCUT2D eigenvalue weighted by Crippen LogP contribution is 2.34. The summed E-state index contributed by atoms with van der Waals surface area (Å²) in [7, 11) is 0. The van der Waals surface area contributed by atoms with Gasteiger partial charge in [0, 0.05) is 0 Å². The Bertz CT molecular complexity index is 573. The lowest BCUT2D eigenvalue weighted by atomic mass is 9.80. The third-order valence-electron chi connectivity index (χ3n) is 4.00. The molecule has 0 unspecified atom stereocenters. The van der Waals surface area contributed by atoms with Crippen LogP contribution in [-0.2, 0) is 11.8 Å². The first kappa shape index (κ1) is 15.8. The molecule has 0 heterocycles. The third-order valence-corrected chi connectivity index (χ3v) is 4.00. The fraction of sp³-hybridized carbons (Fsp3) is 0.429. The standard InChI is InChI=1S/C21H27/c1-5-6-7-12-17-13-8-9-14-18(17)19-15-10-11-16-20(19)21(2,3)4/h8-11,14-16H,5-7,12H2,1-4H3. The van der Waals surface area contributed by atoms with Crippen LogP contribution in [-0.4, -0.2) is 0 Å². The second-order valence-electron chi connectivity index (χ2n) is 6.82. The first-order valence-corrected chi connectivity index (χ1v) is 8.13. The minimum absolute atomic E-state index is 0.160. The van der Waals surface area contributed by atoms with Gasteiger partial charge in [0.25, 0.3) is 0 Å². The summed E-state index contributed by atoms with van der Waals surface area (Å²) in [5, 5.41) is 0. The van der Waals surface area contributed by atoms with E-state index in [4.69, 9.17) is 0 Å². The van der Waals surface area contributed by atoms with Gasteiger partial charge in [-0.3, -0.25) is 0 Å². The van der Waals surface area contributed by atoms with Crippen molar-refractivity contribution in [3.8, 4) is 11.1 Å². The second kappa shape index (κ2) is 6.93. The molecule has 0 spiro atoms. The average Bonchev–Trinajstić information content (AvgIpc) is 2.47. The molecule has 0 aliphatic rings. The molecule has 2 aromatic rings. The third kappa shape index (κ3) is 3.97. The maximum atomic E-state index is 3.47. The zero-order valence-electron chi connectivity index (χ0n) is 13.9. The van der Waals surface area contributed by atoms with Gasteiger partial charge in [-0.25, -0.2) is 0 Å². The SMILES string of the molecule is CCCCCc1[c]cccc1-c1ccccc1C(C)(C)C. The lowest BCUT2D eigenvalue weighted by Crippen LogP contribution is -2.13. The van der Waals surface area contributed by atoms with Crippen LogP contribution in [0.25, 0.3) is 11.1 Å². The van der Waals surface area contributed by atoms with Crippen LogP contribution in [0.2, 0.25) is 0 Å². The Kier molecular flexibility index (Phi) is 5.22. The molecule has 1 radical (unpaired) electrons. The van der Waals surface area contributed by atoms with Crippen molar-refractivity contribution in [3.05, 3.63) is 59.7 Å². The van der Waals surface area contributed by atoms with Crippen LogP contribution < -0.4 is 0 Å². The van der Waals surface area contributed by atoms with Gasteiger partial charge in [0.15, 0.2) is 0 Å². The van der Waals surface area contributed by atoms with Crippen LogP contribution in [0.4, 0.5) is 0 Å². The van der Waals surface area contributed by atoms with E-state index in [-0.39, 0.29) is 5.41 Å². The molecule has 0 aliphatic carbocycles. The van der Waals surface area contributed by atoms with Gasteiger partial charge in [0.2, 0.25) is 0 Å². The van der Waals surface area contributed by atoms with E-state index in [2.05, 4.69) is 70.2 Å². The van der Waals surface area contributed by atoms with E-state index in [1.165, 1.54) is 41.5 Å². The normalized spacial score (nSPS) is 11.6. The van der Waals surface area contributed by atoms with Gasteiger partial charge in [0.05, 0.1) is 0 Å². The highest BCUT2D eigenvalue weighted by atomic mass is 14.2. The van der Waals surface area contributed by atoms with Crippen LogP contribution >= 0.6 is 0 Å². The van der Waals surface area contributed by atoms with Crippen molar-refractivity contribution < 1.29 is 0 Å². The van der Waals surface area contributed by atoms with E-state index in [0.717, 1.165) is 6.42 Å². The van der Waals surface area contributed by atoms with Gasteiger partial charge in [-0.05, 0) is 46.6 Å². The maximum absolute atomic E-state index is 3.47. The Balaban J connectivity index is 2.43. The van der Waals surface area contributed by atoms with E-state index in [1.54, 1.807) is 0 Å². The van der Waals surface area contributed by atoms with Crippen molar-refractivity contribution in [3.63, 3.8) is 0 Å². The first-order valence-electron chi connectivity index (χ1n) is 8.13. The Morgan fingerprint density at radius 3 is 2.33 bits per heavy atom. The van der Waals surface area contributed by atoms with Crippen LogP contribution in [0.3, 0.4) is 0 Å². The van der Waals surface area contributed by atoms with E-state index in [1.807, 2.05) is 6.07 Å². The Hall–Kier alpha value is -1.56. The topological polar surface area (TPSA) is 0 Å². The number of unbranched alkanes of at least 4 members (excludes halogenated alkanes) is 2. The van der Waals surface area contributed by atoms with Crippen molar-refractivity contribution in [2.45, 2.75) is 58.8 Å². The average molecular weight is 279 g/mol. The molecule has 2 rings (SSSR count). The molecule has 0 aliphatic heterocycles. The minimum atomic E-state index is 0.160. The minimum Gasteiger partial charge on any atom is -0.0654 e. The summed E-state index contributed by atoms with van der Waals surface area (Å²) in [6.45, 7) is 9.12. The van der Waals surface area contributed by atoms with Gasteiger partial charge in [0.1, 0.15) is 0 Å². The number of rotatable bonds is 5. The quantitative estimate of drug-likeness (QED) is 0.573. The predicted molar refractivity (Wildman–Crippen MR) is 92.6 cm³/mol. The lowest BCUT2D eigenvalue weighted by Gasteiger charge is -2.24. The van der Waals surface area contributed by atoms with Crippen LogP contribution in [0, 0.1) is 6.07 Å². The summed E-state index contributed by atoms with van der Waals surface area (Å²) >= 11 is 0. The van der Waals surface area contributed by atoms with Crippen LogP contribution in [0.1, 0.15) is 58.1 Å². The molecule has 0 aromatic heterocycles. The molecule has 0 heteroatoms. The van der Waals surface area contributed by atoms with Crippen molar-refractivity contribution in [2.24, 2.45) is 0 Å². The monoisotopic (exact) mass is 279 g/mol. The van der Waals surface area contributed by atoms with Crippen molar-refractivity contribution >= 4 is 0 Å². The molecule has 21 heavy (non-hydrogen) atoms. The van der Waals surface area contributed by atoms with Gasteiger partial charge in [-0.2, -0.15) is 0 Å². The predicted octanol–water partition coefficient (Wildman–Crippen LogP) is 6.18. The fourth-order valence-electron chi connectivity index (χ4n) is 2.85. The number of benzene rings is 2. The highest BCUT2D eigenvalue weighted by Gasteiger charge is 2.19. The maximum Gasteiger partial charge on any atom is -0.0126 e. The summed E-state index contributed by atoms with van der Waals surface area (Å²) in [5.74, 6) is 0. The zero-order chi connectivity index (χ0) is 15.3. The molecule has 111 valence electrons. The van der Waals surface area contributed by atoms with E-state index < -0.39 is 0 Å². The molecule has 0 nitrogen and oxygen atoms in total. The van der Waals surface area contributed by atoms with E-state index in [9.17, 15) is 0 Å². The number of aryl methyl sites for hydroxylation is 1. The van der Waals surface area contributed by atoms with Crippen LogP contribution in [0.5, 0.6) is 0 Å². The molecule has 0 bridgehead atoms. The molecule has 2 aromatic carbocycles. The van der Waals surface area contributed by atoms with Gasteiger partial charge in [-0.15, -0.1) is 0 Å². The lowest BCUT2D eigenvalue weighted by molar-refractivity contribution is 0.592. The van der Waals surface area contributed by atoms with Crippen molar-refractivity contribution in [1.82, 2.24) is 0 Å². The van der Waals surface area contributed by atoms with Crippen molar-refractivity contribution in [2.75, 3.05) is 0 Å². The molecule has 0 N–H and O–H groups in total. The van der Waals surface area contributed by atoms with E-state index in [0.29, 0.717) is 0 Å². The summed E-state index contributed by atoms with van der Waals surface area (Å²) in [6.07, 6.45) is 4.94. The largest absolute Gasteiger partial charge is 0.0654 e. The zero-order valence-corrected chi connectivity index (χ0v) is 13.9. The number of hydrogen-bond acceptors (Lipinski definition) is 0. The first-order chi connectivity index (χ1) is 10.0. The summed E-state index contributed by atoms with van der Waals surface area (Å²) in [5.41, 5.74) is 5.67. The molecular formula is C21H27. The Morgan fingerprint density at radius 2 is 1.62 bits per heavy atom. The van der Waals surface area contributed by atoms with Gasteiger partial charge < -0.3 is 0 Å².